The SMILES string of the molecule is COc1cc(C2C3=C(CC(C)(C)CC3=O)N(C3CCCCC3)C3=C2C(=O)CC(C)(C)C3)cc(Br)c1OCc1ccccc1Cl. The third-order valence-corrected chi connectivity index (χ3v) is 10.8. The average molecular weight is 681 g/mol. The first-order chi connectivity index (χ1) is 20.9. The Hall–Kier alpha value is -2.57. The third-order valence-electron chi connectivity index (χ3n) is 9.81. The number of hydrogen-bond acceptors (Lipinski definition) is 5. The summed E-state index contributed by atoms with van der Waals surface area (Å²) in [5, 5.41) is 0.639. The van der Waals surface area contributed by atoms with Gasteiger partial charge in [0.2, 0.25) is 0 Å². The third kappa shape index (κ3) is 5.89. The lowest BCUT2D eigenvalue weighted by atomic mass is 9.63. The predicted octanol–water partition coefficient (Wildman–Crippen LogP) is 9.71. The van der Waals surface area contributed by atoms with Gasteiger partial charge in [-0.2, -0.15) is 0 Å². The number of carbonyl (C=O) groups is 2. The number of ether oxygens (including phenoxy) is 2. The van der Waals surface area contributed by atoms with E-state index in [2.05, 4.69) is 48.5 Å². The van der Waals surface area contributed by atoms with Crippen molar-refractivity contribution in [3.8, 4) is 11.5 Å². The molecule has 0 N–H and O–H groups in total. The zero-order valence-electron chi connectivity index (χ0n) is 26.5. The standard InChI is InChI=1S/C37H43BrClNO4/c1-36(2)17-27-33(29(41)19-36)32(34-28(18-37(3,4)20-30(34)42)40(27)24-12-7-6-8-13-24)23-15-25(38)35(31(16-23)43-5)44-21-22-11-9-10-14-26(22)39/h9-11,14-16,24,32H,6-8,12-13,17-21H2,1-5H3. The molecule has 0 aromatic heterocycles. The maximum Gasteiger partial charge on any atom is 0.175 e. The van der Waals surface area contributed by atoms with Crippen LogP contribution in [0.4, 0.5) is 0 Å². The van der Waals surface area contributed by atoms with E-state index < -0.39 is 5.92 Å². The summed E-state index contributed by atoms with van der Waals surface area (Å²) >= 11 is 10.2. The van der Waals surface area contributed by atoms with Crippen LogP contribution in [0.25, 0.3) is 0 Å². The van der Waals surface area contributed by atoms with Crippen LogP contribution in [0.15, 0.2) is 63.4 Å². The summed E-state index contributed by atoms with van der Waals surface area (Å²) < 4.78 is 12.8. The molecule has 0 amide bonds. The number of benzene rings is 2. The monoisotopic (exact) mass is 679 g/mol. The van der Waals surface area contributed by atoms with Crippen LogP contribution >= 0.6 is 27.5 Å². The first-order valence-electron chi connectivity index (χ1n) is 15.9. The molecule has 0 radical (unpaired) electrons. The molecule has 0 unspecified atom stereocenters. The van der Waals surface area contributed by atoms with Crippen LogP contribution in [-0.4, -0.2) is 29.6 Å². The molecule has 1 heterocycles. The smallest absolute Gasteiger partial charge is 0.175 e. The van der Waals surface area contributed by atoms with E-state index in [1.165, 1.54) is 19.3 Å². The Balaban J connectivity index is 1.51. The second-order valence-electron chi connectivity index (χ2n) is 14.6. The number of methoxy groups -OCH3 is 1. The first kappa shape index (κ1) is 31.4. The fourth-order valence-corrected chi connectivity index (χ4v) is 8.69. The van der Waals surface area contributed by atoms with Crippen LogP contribution in [0.1, 0.15) is 103 Å². The van der Waals surface area contributed by atoms with Gasteiger partial charge in [-0.3, -0.25) is 9.59 Å². The largest absolute Gasteiger partial charge is 0.493 e. The van der Waals surface area contributed by atoms with Gasteiger partial charge >= 0.3 is 0 Å². The van der Waals surface area contributed by atoms with Crippen LogP contribution in [0, 0.1) is 10.8 Å². The van der Waals surface area contributed by atoms with Gasteiger partial charge in [0, 0.05) is 57.9 Å². The summed E-state index contributed by atoms with van der Waals surface area (Å²) in [6, 6.07) is 11.9. The Morgan fingerprint density at radius 1 is 0.886 bits per heavy atom. The Kier molecular flexibility index (Phi) is 8.55. The normalized spacial score (nSPS) is 22.2. The summed E-state index contributed by atoms with van der Waals surface area (Å²) in [5.41, 5.74) is 5.35. The molecule has 7 heteroatoms. The predicted molar refractivity (Wildman–Crippen MR) is 178 cm³/mol. The molecule has 2 aromatic carbocycles. The van der Waals surface area contributed by atoms with Gasteiger partial charge in [-0.1, -0.05) is 76.8 Å². The summed E-state index contributed by atoms with van der Waals surface area (Å²) in [6.45, 7) is 9.08. The molecule has 0 atom stereocenters. The number of ketones is 2. The Bertz CT molecular complexity index is 1510. The van der Waals surface area contributed by atoms with Crippen LogP contribution < -0.4 is 9.47 Å². The molecule has 3 aliphatic carbocycles. The Morgan fingerprint density at radius 3 is 2.05 bits per heavy atom. The molecule has 6 rings (SSSR count). The van der Waals surface area contributed by atoms with E-state index in [0.29, 0.717) is 39.9 Å². The minimum atomic E-state index is -0.435. The highest BCUT2D eigenvalue weighted by Gasteiger charge is 2.50. The molecule has 234 valence electrons. The molecule has 5 nitrogen and oxygen atoms in total. The quantitative estimate of drug-likeness (QED) is 0.304. The van der Waals surface area contributed by atoms with Gasteiger partial charge < -0.3 is 14.4 Å². The fraction of sp³-hybridized carbons (Fsp3) is 0.514. The summed E-state index contributed by atoms with van der Waals surface area (Å²) in [6.07, 6.45) is 8.40. The summed E-state index contributed by atoms with van der Waals surface area (Å²) in [4.78, 5) is 31.0. The number of allylic oxidation sites excluding steroid dienone is 4. The number of rotatable bonds is 6. The van der Waals surface area contributed by atoms with E-state index in [9.17, 15) is 9.59 Å². The molecule has 1 saturated carbocycles. The second kappa shape index (κ2) is 12.0. The molecule has 2 aromatic rings. The number of nitrogens with zero attached hydrogens (tertiary/aromatic N) is 1. The van der Waals surface area contributed by atoms with E-state index >= 15 is 0 Å². The Labute approximate surface area is 275 Å². The number of halogens is 2. The highest BCUT2D eigenvalue weighted by atomic mass is 79.9. The molecule has 1 fully saturated rings. The van der Waals surface area contributed by atoms with Gasteiger partial charge in [0.25, 0.3) is 0 Å². The molecular weight excluding hydrogens is 638 g/mol. The van der Waals surface area contributed by atoms with Crippen LogP contribution in [-0.2, 0) is 16.2 Å². The van der Waals surface area contributed by atoms with Crippen molar-refractivity contribution in [2.45, 2.75) is 104 Å². The lowest BCUT2D eigenvalue weighted by Crippen LogP contribution is -2.48. The summed E-state index contributed by atoms with van der Waals surface area (Å²) in [5.74, 6) is 0.981. The highest BCUT2D eigenvalue weighted by Crippen LogP contribution is 2.56. The molecule has 44 heavy (non-hydrogen) atoms. The van der Waals surface area contributed by atoms with Crippen LogP contribution in [0.2, 0.25) is 5.02 Å². The van der Waals surface area contributed by atoms with Gasteiger partial charge in [0.05, 0.1) is 11.6 Å². The minimum Gasteiger partial charge on any atom is -0.493 e. The van der Waals surface area contributed by atoms with Crippen molar-refractivity contribution in [3.63, 3.8) is 0 Å². The lowest BCUT2D eigenvalue weighted by Gasteiger charge is -2.52. The van der Waals surface area contributed by atoms with Crippen molar-refractivity contribution in [1.29, 1.82) is 0 Å². The Morgan fingerprint density at radius 2 is 1.48 bits per heavy atom. The van der Waals surface area contributed by atoms with Gasteiger partial charge in [-0.05, 0) is 76.2 Å². The molecule has 0 bridgehead atoms. The van der Waals surface area contributed by atoms with E-state index in [4.69, 9.17) is 21.1 Å². The van der Waals surface area contributed by atoms with Gasteiger partial charge in [0.15, 0.2) is 23.1 Å². The first-order valence-corrected chi connectivity index (χ1v) is 17.1. The van der Waals surface area contributed by atoms with E-state index in [1.807, 2.05) is 36.4 Å². The molecular formula is C37H43BrClNO4. The van der Waals surface area contributed by atoms with Crippen molar-refractivity contribution in [1.82, 2.24) is 4.90 Å². The number of carbonyl (C=O) groups excluding carboxylic acids is 2. The fourth-order valence-electron chi connectivity index (χ4n) is 7.92. The number of Topliss-reactive ketones (excluding diaryl/α,β-unsaturated/α-hetero) is 2. The van der Waals surface area contributed by atoms with Crippen molar-refractivity contribution < 1.29 is 19.1 Å². The molecule has 1 aliphatic heterocycles. The van der Waals surface area contributed by atoms with Crippen molar-refractivity contribution >= 4 is 39.1 Å². The zero-order valence-corrected chi connectivity index (χ0v) is 28.9. The van der Waals surface area contributed by atoms with Gasteiger partial charge in [0.1, 0.15) is 6.61 Å². The van der Waals surface area contributed by atoms with Crippen molar-refractivity contribution in [2.24, 2.45) is 10.8 Å². The highest BCUT2D eigenvalue weighted by molar-refractivity contribution is 9.10. The van der Waals surface area contributed by atoms with Gasteiger partial charge in [-0.15, -0.1) is 0 Å². The van der Waals surface area contributed by atoms with Gasteiger partial charge in [-0.25, -0.2) is 0 Å². The van der Waals surface area contributed by atoms with E-state index in [0.717, 1.165) is 59.4 Å². The maximum absolute atomic E-state index is 14.3. The lowest BCUT2D eigenvalue weighted by molar-refractivity contribution is -0.119. The zero-order chi connectivity index (χ0) is 31.4. The molecule has 0 saturated heterocycles. The van der Waals surface area contributed by atoms with E-state index in [-0.39, 0.29) is 29.0 Å². The van der Waals surface area contributed by atoms with E-state index in [1.54, 1.807) is 7.11 Å². The van der Waals surface area contributed by atoms with Crippen LogP contribution in [0.5, 0.6) is 11.5 Å². The maximum atomic E-state index is 14.3. The molecule has 0 spiro atoms. The summed E-state index contributed by atoms with van der Waals surface area (Å²) in [7, 11) is 1.62. The second-order valence-corrected chi connectivity index (χ2v) is 15.9. The topological polar surface area (TPSA) is 55.8 Å². The van der Waals surface area contributed by atoms with Crippen molar-refractivity contribution in [2.75, 3.05) is 7.11 Å². The number of hydrogen-bond donors (Lipinski definition) is 0. The van der Waals surface area contributed by atoms with Crippen LogP contribution in [0.3, 0.4) is 0 Å². The molecule has 4 aliphatic rings. The van der Waals surface area contributed by atoms with Crippen molar-refractivity contribution in [3.05, 3.63) is 79.6 Å². The average Bonchev–Trinajstić information content (AvgIpc) is 2.95. The minimum absolute atomic E-state index is 0.145.